The van der Waals surface area contributed by atoms with E-state index >= 15 is 0 Å². The molecular formula is C12H15BrF3NO. The third kappa shape index (κ3) is 4.26. The normalized spacial score (nSPS) is 15.5. The summed E-state index contributed by atoms with van der Waals surface area (Å²) in [7, 11) is 0. The number of nitrogens with one attached hydrogen (secondary N) is 1. The zero-order valence-electron chi connectivity index (χ0n) is 10.1. The average molecular weight is 326 g/mol. The zero-order chi connectivity index (χ0) is 13.9. The number of aliphatic hydroxyl groups is 1. The maximum absolute atomic E-state index is 12.6. The maximum atomic E-state index is 12.6. The highest BCUT2D eigenvalue weighted by molar-refractivity contribution is 9.10. The van der Waals surface area contributed by atoms with Gasteiger partial charge in [0, 0.05) is 17.1 Å². The molecule has 0 aliphatic carbocycles. The Morgan fingerprint density at radius 2 is 1.94 bits per heavy atom. The fourth-order valence-electron chi connectivity index (χ4n) is 1.51. The molecule has 6 heteroatoms. The lowest BCUT2D eigenvalue weighted by Gasteiger charge is -2.18. The van der Waals surface area contributed by atoms with Gasteiger partial charge >= 0.3 is 6.18 Å². The Kier molecular flexibility index (Phi) is 5.19. The molecule has 0 amide bonds. The van der Waals surface area contributed by atoms with Crippen LogP contribution in [-0.2, 0) is 6.18 Å². The van der Waals surface area contributed by atoms with Gasteiger partial charge in [-0.3, -0.25) is 0 Å². The number of halogens is 4. The van der Waals surface area contributed by atoms with Gasteiger partial charge in [0.15, 0.2) is 0 Å². The molecule has 2 N–H and O–H groups in total. The van der Waals surface area contributed by atoms with E-state index in [0.717, 1.165) is 12.1 Å². The number of hydrogen-bond acceptors (Lipinski definition) is 2. The van der Waals surface area contributed by atoms with Gasteiger partial charge in [-0.2, -0.15) is 13.2 Å². The maximum Gasteiger partial charge on any atom is 0.416 e. The minimum Gasteiger partial charge on any atom is -0.392 e. The summed E-state index contributed by atoms with van der Waals surface area (Å²) in [5, 5.41) is 12.1. The van der Waals surface area contributed by atoms with Gasteiger partial charge < -0.3 is 10.4 Å². The van der Waals surface area contributed by atoms with Crippen LogP contribution in [0.1, 0.15) is 31.0 Å². The molecule has 0 aliphatic rings. The van der Waals surface area contributed by atoms with Crippen LogP contribution >= 0.6 is 15.9 Å². The van der Waals surface area contributed by atoms with E-state index < -0.39 is 17.8 Å². The smallest absolute Gasteiger partial charge is 0.392 e. The van der Waals surface area contributed by atoms with Crippen molar-refractivity contribution in [2.75, 3.05) is 6.54 Å². The van der Waals surface area contributed by atoms with E-state index in [2.05, 4.69) is 21.2 Å². The lowest BCUT2D eigenvalue weighted by atomic mass is 10.0. The third-order valence-electron chi connectivity index (χ3n) is 2.51. The van der Waals surface area contributed by atoms with E-state index in [-0.39, 0.29) is 6.04 Å². The lowest BCUT2D eigenvalue weighted by molar-refractivity contribution is -0.137. The molecule has 0 fully saturated rings. The first-order valence-electron chi connectivity index (χ1n) is 5.50. The Hall–Kier alpha value is -0.590. The molecule has 1 aromatic rings. The van der Waals surface area contributed by atoms with E-state index in [9.17, 15) is 13.2 Å². The minimum atomic E-state index is -4.35. The summed E-state index contributed by atoms with van der Waals surface area (Å²) in [6, 6.07) is 3.26. The Labute approximate surface area is 112 Å². The molecule has 2 atom stereocenters. The van der Waals surface area contributed by atoms with E-state index in [1.807, 2.05) is 0 Å². The second-order valence-corrected chi connectivity index (χ2v) is 5.07. The van der Waals surface area contributed by atoms with Crippen LogP contribution < -0.4 is 5.32 Å². The van der Waals surface area contributed by atoms with Crippen LogP contribution in [0.25, 0.3) is 0 Å². The Bertz CT molecular complexity index is 407. The van der Waals surface area contributed by atoms with Crippen LogP contribution in [0.5, 0.6) is 0 Å². The van der Waals surface area contributed by atoms with Crippen molar-refractivity contribution in [2.45, 2.75) is 32.2 Å². The number of hydrogen-bond donors (Lipinski definition) is 2. The van der Waals surface area contributed by atoms with Crippen molar-refractivity contribution >= 4 is 15.9 Å². The standard InChI is InChI=1S/C12H15BrF3NO/c1-7(18)6-17-8(2)10-5-9(12(14,15)16)3-4-11(10)13/h3-5,7-8,17-18H,6H2,1-2H3. The molecule has 0 aliphatic heterocycles. The highest BCUT2D eigenvalue weighted by atomic mass is 79.9. The first kappa shape index (κ1) is 15.5. The Balaban J connectivity index is 2.93. The fraction of sp³-hybridized carbons (Fsp3) is 0.500. The first-order valence-corrected chi connectivity index (χ1v) is 6.29. The molecule has 0 saturated carbocycles. The van der Waals surface area contributed by atoms with Gasteiger partial charge in [0.05, 0.1) is 11.7 Å². The lowest BCUT2D eigenvalue weighted by Crippen LogP contribution is -2.27. The van der Waals surface area contributed by atoms with Crippen molar-refractivity contribution in [3.8, 4) is 0 Å². The van der Waals surface area contributed by atoms with Gasteiger partial charge in [-0.25, -0.2) is 0 Å². The first-order chi connectivity index (χ1) is 8.21. The quantitative estimate of drug-likeness (QED) is 0.888. The van der Waals surface area contributed by atoms with Crippen molar-refractivity contribution in [2.24, 2.45) is 0 Å². The number of rotatable bonds is 4. The van der Waals surface area contributed by atoms with Crippen LogP contribution in [0.15, 0.2) is 22.7 Å². The van der Waals surface area contributed by atoms with Gasteiger partial charge in [-0.05, 0) is 37.6 Å². The molecule has 0 radical (unpaired) electrons. The predicted molar refractivity (Wildman–Crippen MR) is 67.2 cm³/mol. The number of alkyl halides is 3. The number of benzene rings is 1. The highest BCUT2D eigenvalue weighted by Crippen LogP contribution is 2.33. The summed E-state index contributed by atoms with van der Waals surface area (Å²) in [4.78, 5) is 0. The van der Waals surface area contributed by atoms with Crippen molar-refractivity contribution < 1.29 is 18.3 Å². The molecule has 102 valence electrons. The monoisotopic (exact) mass is 325 g/mol. The molecule has 0 aromatic heterocycles. The molecule has 0 heterocycles. The van der Waals surface area contributed by atoms with Crippen LogP contribution in [0.3, 0.4) is 0 Å². The van der Waals surface area contributed by atoms with Crippen LogP contribution in [-0.4, -0.2) is 17.8 Å². The van der Waals surface area contributed by atoms with Gasteiger partial charge in [0.1, 0.15) is 0 Å². The van der Waals surface area contributed by atoms with E-state index in [4.69, 9.17) is 5.11 Å². The molecular weight excluding hydrogens is 311 g/mol. The van der Waals surface area contributed by atoms with Gasteiger partial charge in [-0.15, -0.1) is 0 Å². The minimum absolute atomic E-state index is 0.281. The van der Waals surface area contributed by atoms with Crippen molar-refractivity contribution in [3.63, 3.8) is 0 Å². The average Bonchev–Trinajstić information content (AvgIpc) is 2.24. The fourth-order valence-corrected chi connectivity index (χ4v) is 2.10. The van der Waals surface area contributed by atoms with Crippen molar-refractivity contribution in [1.29, 1.82) is 0 Å². The number of aliphatic hydroxyl groups excluding tert-OH is 1. The molecule has 0 bridgehead atoms. The Morgan fingerprint density at radius 3 is 2.44 bits per heavy atom. The van der Waals surface area contributed by atoms with Crippen molar-refractivity contribution in [3.05, 3.63) is 33.8 Å². The molecule has 2 nitrogen and oxygen atoms in total. The SMILES string of the molecule is CC(O)CNC(C)c1cc(C(F)(F)F)ccc1Br. The van der Waals surface area contributed by atoms with Gasteiger partial charge in [0.25, 0.3) is 0 Å². The van der Waals surface area contributed by atoms with E-state index in [1.165, 1.54) is 6.07 Å². The summed E-state index contributed by atoms with van der Waals surface area (Å²) < 4.78 is 38.4. The van der Waals surface area contributed by atoms with Gasteiger partial charge in [-0.1, -0.05) is 15.9 Å². The largest absolute Gasteiger partial charge is 0.416 e. The molecule has 0 saturated heterocycles. The summed E-state index contributed by atoms with van der Waals surface area (Å²) >= 11 is 3.23. The molecule has 0 spiro atoms. The zero-order valence-corrected chi connectivity index (χ0v) is 11.6. The summed E-state index contributed by atoms with van der Waals surface area (Å²) in [5.41, 5.74) is -0.156. The Morgan fingerprint density at radius 1 is 1.33 bits per heavy atom. The van der Waals surface area contributed by atoms with Crippen LogP contribution in [0, 0.1) is 0 Å². The summed E-state index contributed by atoms with van der Waals surface area (Å²) in [5.74, 6) is 0. The second-order valence-electron chi connectivity index (χ2n) is 4.21. The highest BCUT2D eigenvalue weighted by Gasteiger charge is 2.31. The third-order valence-corrected chi connectivity index (χ3v) is 3.23. The summed E-state index contributed by atoms with van der Waals surface area (Å²) in [6.45, 7) is 3.69. The van der Waals surface area contributed by atoms with E-state index in [1.54, 1.807) is 13.8 Å². The topological polar surface area (TPSA) is 32.3 Å². The second kappa shape index (κ2) is 6.04. The summed E-state index contributed by atoms with van der Waals surface area (Å²) in [6.07, 6.45) is -4.89. The molecule has 1 aromatic carbocycles. The van der Waals surface area contributed by atoms with E-state index in [0.29, 0.717) is 16.6 Å². The van der Waals surface area contributed by atoms with Crippen molar-refractivity contribution in [1.82, 2.24) is 5.32 Å². The molecule has 2 unspecified atom stereocenters. The van der Waals surface area contributed by atoms with Gasteiger partial charge in [0.2, 0.25) is 0 Å². The van der Waals surface area contributed by atoms with Crippen LogP contribution in [0.2, 0.25) is 0 Å². The predicted octanol–water partition coefficient (Wildman–Crippen LogP) is 3.50. The molecule has 18 heavy (non-hydrogen) atoms. The molecule has 1 rings (SSSR count). The van der Waals surface area contributed by atoms with Crippen LogP contribution in [0.4, 0.5) is 13.2 Å².